The van der Waals surface area contributed by atoms with E-state index in [2.05, 4.69) is 15.5 Å². The van der Waals surface area contributed by atoms with Gasteiger partial charge in [-0.2, -0.15) is 13.2 Å². The van der Waals surface area contributed by atoms with Gasteiger partial charge in [-0.1, -0.05) is 30.6 Å². The number of anilines is 1. The summed E-state index contributed by atoms with van der Waals surface area (Å²) in [5, 5.41) is 12.7. The minimum atomic E-state index is -4.43. The van der Waals surface area contributed by atoms with Gasteiger partial charge in [-0.05, 0) is 49.9 Å². The number of nitrogens with one attached hydrogen (secondary N) is 1. The molecule has 2 amide bonds. The Morgan fingerprint density at radius 3 is 2.25 bits per heavy atom. The molecule has 1 saturated heterocycles. The minimum Gasteiger partial charge on any atom is -0.339 e. The average Bonchev–Trinajstić information content (AvgIpc) is 3.27. The second-order valence-electron chi connectivity index (χ2n) is 8.41. The Balaban J connectivity index is 1.28. The van der Waals surface area contributed by atoms with Crippen molar-refractivity contribution in [3.05, 3.63) is 40.4 Å². The van der Waals surface area contributed by atoms with E-state index < -0.39 is 11.7 Å². The summed E-state index contributed by atoms with van der Waals surface area (Å²) in [5.74, 6) is -0.253. The van der Waals surface area contributed by atoms with Crippen molar-refractivity contribution in [1.82, 2.24) is 15.1 Å². The van der Waals surface area contributed by atoms with E-state index in [1.165, 1.54) is 42.7 Å². The highest BCUT2D eigenvalue weighted by molar-refractivity contribution is 7.15. The third-order valence-corrected chi connectivity index (χ3v) is 7.24. The standard InChI is InChI=1S/C22H25F3N4O2S/c23-22(24,25)17-8-6-16(7-9-17)20(31)29-12-10-14(11-13-29)18(30)26-21-28-27-19(32-21)15-4-2-1-3-5-15/h6-9,14-15H,1-5,10-13H2,(H,26,28,30). The summed E-state index contributed by atoms with van der Waals surface area (Å²) >= 11 is 1.44. The van der Waals surface area contributed by atoms with Gasteiger partial charge in [-0.25, -0.2) is 0 Å². The molecule has 172 valence electrons. The van der Waals surface area contributed by atoms with Crippen molar-refractivity contribution in [3.63, 3.8) is 0 Å². The van der Waals surface area contributed by atoms with Crippen molar-refractivity contribution in [2.24, 2.45) is 5.92 Å². The lowest BCUT2D eigenvalue weighted by molar-refractivity contribution is -0.137. The summed E-state index contributed by atoms with van der Waals surface area (Å²) in [6.07, 6.45) is 2.46. The smallest absolute Gasteiger partial charge is 0.339 e. The monoisotopic (exact) mass is 466 g/mol. The van der Waals surface area contributed by atoms with Gasteiger partial charge in [0.05, 0.1) is 5.56 Å². The molecule has 1 N–H and O–H groups in total. The van der Waals surface area contributed by atoms with Gasteiger partial charge in [0.2, 0.25) is 11.0 Å². The van der Waals surface area contributed by atoms with Crippen molar-refractivity contribution in [2.45, 2.75) is 57.0 Å². The molecule has 2 heterocycles. The van der Waals surface area contributed by atoms with E-state index in [0.717, 1.165) is 30.0 Å². The summed E-state index contributed by atoms with van der Waals surface area (Å²) in [6.45, 7) is 0.753. The maximum Gasteiger partial charge on any atom is 0.416 e. The van der Waals surface area contributed by atoms with Crippen LogP contribution in [-0.4, -0.2) is 40.0 Å². The average molecular weight is 467 g/mol. The van der Waals surface area contributed by atoms with Crippen LogP contribution in [0.5, 0.6) is 0 Å². The summed E-state index contributed by atoms with van der Waals surface area (Å²) in [6, 6.07) is 4.22. The molecule has 10 heteroatoms. The van der Waals surface area contributed by atoms with E-state index in [1.54, 1.807) is 4.90 Å². The molecule has 1 aromatic carbocycles. The van der Waals surface area contributed by atoms with Crippen LogP contribution in [0.25, 0.3) is 0 Å². The maximum absolute atomic E-state index is 12.7. The molecule has 2 aliphatic rings. The van der Waals surface area contributed by atoms with E-state index in [9.17, 15) is 22.8 Å². The maximum atomic E-state index is 12.7. The second-order valence-corrected chi connectivity index (χ2v) is 9.42. The molecular weight excluding hydrogens is 441 g/mol. The Kier molecular flexibility index (Phi) is 6.78. The van der Waals surface area contributed by atoms with Crippen molar-refractivity contribution in [1.29, 1.82) is 0 Å². The Labute approximate surface area is 188 Å². The highest BCUT2D eigenvalue weighted by Crippen LogP contribution is 2.35. The predicted octanol–water partition coefficient (Wildman–Crippen LogP) is 5.10. The normalized spacial score (nSPS) is 18.5. The zero-order chi connectivity index (χ0) is 22.7. The molecule has 0 radical (unpaired) electrons. The fraction of sp³-hybridized carbons (Fsp3) is 0.545. The number of rotatable bonds is 4. The molecule has 4 rings (SSSR count). The molecule has 0 spiro atoms. The van der Waals surface area contributed by atoms with E-state index in [4.69, 9.17) is 0 Å². The summed E-state index contributed by atoms with van der Waals surface area (Å²) in [7, 11) is 0. The van der Waals surface area contributed by atoms with Crippen LogP contribution >= 0.6 is 11.3 Å². The van der Waals surface area contributed by atoms with Crippen LogP contribution in [-0.2, 0) is 11.0 Å². The molecule has 1 saturated carbocycles. The molecule has 1 aliphatic heterocycles. The van der Waals surface area contributed by atoms with Crippen LogP contribution in [0.3, 0.4) is 0 Å². The van der Waals surface area contributed by atoms with Crippen LogP contribution in [0.2, 0.25) is 0 Å². The first-order valence-electron chi connectivity index (χ1n) is 10.9. The molecular formula is C22H25F3N4O2S. The fourth-order valence-corrected chi connectivity index (χ4v) is 5.25. The molecule has 2 aromatic rings. The number of halogens is 3. The third kappa shape index (κ3) is 5.28. The molecule has 0 bridgehead atoms. The Morgan fingerprint density at radius 1 is 0.969 bits per heavy atom. The van der Waals surface area contributed by atoms with Crippen molar-refractivity contribution in [3.8, 4) is 0 Å². The highest BCUT2D eigenvalue weighted by atomic mass is 32.1. The van der Waals surface area contributed by atoms with Crippen LogP contribution in [0.15, 0.2) is 24.3 Å². The number of nitrogens with zero attached hydrogens (tertiary/aromatic N) is 3. The Bertz CT molecular complexity index is 947. The molecule has 0 unspecified atom stereocenters. The first-order valence-corrected chi connectivity index (χ1v) is 11.7. The lowest BCUT2D eigenvalue weighted by Gasteiger charge is -2.31. The molecule has 0 atom stereocenters. The number of benzene rings is 1. The number of likely N-dealkylation sites (tertiary alicyclic amines) is 1. The second kappa shape index (κ2) is 9.56. The Morgan fingerprint density at radius 2 is 1.62 bits per heavy atom. The number of piperidine rings is 1. The van der Waals surface area contributed by atoms with Crippen molar-refractivity contribution < 1.29 is 22.8 Å². The van der Waals surface area contributed by atoms with Crippen LogP contribution in [0, 0.1) is 5.92 Å². The zero-order valence-electron chi connectivity index (χ0n) is 17.5. The molecule has 2 fully saturated rings. The zero-order valence-corrected chi connectivity index (χ0v) is 18.3. The predicted molar refractivity (Wildman–Crippen MR) is 114 cm³/mol. The molecule has 1 aromatic heterocycles. The van der Waals surface area contributed by atoms with Gasteiger partial charge in [0.1, 0.15) is 5.01 Å². The van der Waals surface area contributed by atoms with Gasteiger partial charge in [-0.15, -0.1) is 10.2 Å². The first kappa shape index (κ1) is 22.7. The van der Waals surface area contributed by atoms with E-state index in [0.29, 0.717) is 37.0 Å². The first-order chi connectivity index (χ1) is 15.3. The molecule has 32 heavy (non-hydrogen) atoms. The van der Waals surface area contributed by atoms with Gasteiger partial charge in [0.25, 0.3) is 5.91 Å². The van der Waals surface area contributed by atoms with Gasteiger partial charge >= 0.3 is 6.18 Å². The number of carbonyl (C=O) groups excluding carboxylic acids is 2. The quantitative estimate of drug-likeness (QED) is 0.681. The largest absolute Gasteiger partial charge is 0.416 e. The minimum absolute atomic E-state index is 0.127. The van der Waals surface area contributed by atoms with E-state index in [1.807, 2.05) is 0 Å². The van der Waals surface area contributed by atoms with Crippen molar-refractivity contribution >= 4 is 28.3 Å². The fourth-order valence-electron chi connectivity index (χ4n) is 4.34. The van der Waals surface area contributed by atoms with Crippen molar-refractivity contribution in [2.75, 3.05) is 18.4 Å². The van der Waals surface area contributed by atoms with Gasteiger partial charge in [-0.3, -0.25) is 9.59 Å². The van der Waals surface area contributed by atoms with E-state index >= 15 is 0 Å². The number of aromatic nitrogens is 2. The SMILES string of the molecule is O=C(Nc1nnc(C2CCCCC2)s1)C1CCN(C(=O)c2ccc(C(F)(F)F)cc2)CC1. The summed E-state index contributed by atoms with van der Waals surface area (Å²) in [5.41, 5.74) is -0.572. The van der Waals surface area contributed by atoms with Crippen LogP contribution < -0.4 is 5.32 Å². The summed E-state index contributed by atoms with van der Waals surface area (Å²) < 4.78 is 38.1. The third-order valence-electron chi connectivity index (χ3n) is 6.24. The van der Waals surface area contributed by atoms with Gasteiger partial charge in [0.15, 0.2) is 0 Å². The lowest BCUT2D eigenvalue weighted by atomic mass is 9.90. The van der Waals surface area contributed by atoms with E-state index in [-0.39, 0.29) is 23.3 Å². The topological polar surface area (TPSA) is 75.2 Å². The van der Waals surface area contributed by atoms with Gasteiger partial charge in [0, 0.05) is 30.5 Å². The lowest BCUT2D eigenvalue weighted by Crippen LogP contribution is -2.41. The summed E-state index contributed by atoms with van der Waals surface area (Å²) in [4.78, 5) is 26.8. The highest BCUT2D eigenvalue weighted by Gasteiger charge is 2.32. The van der Waals surface area contributed by atoms with Crippen LogP contribution in [0.4, 0.5) is 18.3 Å². The van der Waals surface area contributed by atoms with Crippen LogP contribution in [0.1, 0.15) is 71.8 Å². The Hall–Kier alpha value is -2.49. The molecule has 1 aliphatic carbocycles. The van der Waals surface area contributed by atoms with Gasteiger partial charge < -0.3 is 10.2 Å². The number of hydrogen-bond donors (Lipinski definition) is 1. The number of alkyl halides is 3. The number of hydrogen-bond acceptors (Lipinski definition) is 5. The number of amides is 2. The molecule has 6 nitrogen and oxygen atoms in total. The number of carbonyl (C=O) groups is 2.